The van der Waals surface area contributed by atoms with Crippen LogP contribution in [0.1, 0.15) is 39.0 Å². The summed E-state index contributed by atoms with van der Waals surface area (Å²) in [7, 11) is 1.52. The van der Waals surface area contributed by atoms with Crippen LogP contribution in [0.5, 0.6) is 11.8 Å². The van der Waals surface area contributed by atoms with E-state index in [-0.39, 0.29) is 0 Å². The fourth-order valence-corrected chi connectivity index (χ4v) is 1.52. The maximum Gasteiger partial charge on any atom is 0.244 e. The van der Waals surface area contributed by atoms with Crippen LogP contribution in [-0.4, -0.2) is 23.7 Å². The van der Waals surface area contributed by atoms with Gasteiger partial charge in [-0.25, -0.2) is 0 Å². The quantitative estimate of drug-likeness (QED) is 0.705. The van der Waals surface area contributed by atoms with Crippen molar-refractivity contribution in [2.24, 2.45) is 0 Å². The zero-order valence-corrected chi connectivity index (χ0v) is 10.6. The highest BCUT2D eigenvalue weighted by Crippen LogP contribution is 2.26. The summed E-state index contributed by atoms with van der Waals surface area (Å²) in [5, 5.41) is 0. The highest BCUT2D eigenvalue weighted by atomic mass is 16.5. The molecule has 17 heavy (non-hydrogen) atoms. The minimum Gasteiger partial charge on any atom is -0.479 e. The molecule has 1 heterocycles. The summed E-state index contributed by atoms with van der Waals surface area (Å²) in [6.45, 7) is 2.83. The monoisotopic (exact) mass is 239 g/mol. The number of hydrogen-bond donors (Lipinski definition) is 1. The van der Waals surface area contributed by atoms with E-state index in [9.17, 15) is 0 Å². The Bertz CT molecular complexity index is 332. The average Bonchev–Trinajstić information content (AvgIpc) is 2.35. The molecule has 0 fully saturated rings. The molecule has 0 saturated heterocycles. The van der Waals surface area contributed by atoms with Crippen molar-refractivity contribution in [3.63, 3.8) is 0 Å². The van der Waals surface area contributed by atoms with Crippen molar-refractivity contribution in [3.8, 4) is 11.8 Å². The molecule has 1 aromatic rings. The van der Waals surface area contributed by atoms with E-state index in [1.165, 1.54) is 39.1 Å². The van der Waals surface area contributed by atoms with Gasteiger partial charge in [0, 0.05) is 0 Å². The lowest BCUT2D eigenvalue weighted by atomic mass is 10.2. The van der Waals surface area contributed by atoms with Gasteiger partial charge in [-0.15, -0.1) is 0 Å². The molecular weight excluding hydrogens is 218 g/mol. The molecule has 5 heteroatoms. The van der Waals surface area contributed by atoms with Crippen LogP contribution in [0.4, 0.5) is 5.69 Å². The summed E-state index contributed by atoms with van der Waals surface area (Å²) in [5.41, 5.74) is 6.15. The predicted octanol–water partition coefficient (Wildman–Crippen LogP) is 2.42. The Kier molecular flexibility index (Phi) is 6.14. The normalized spacial score (nSPS) is 10.2. The van der Waals surface area contributed by atoms with Crippen LogP contribution < -0.4 is 15.2 Å². The lowest BCUT2D eigenvalue weighted by Crippen LogP contribution is -2.05. The van der Waals surface area contributed by atoms with Crippen molar-refractivity contribution in [3.05, 3.63) is 6.33 Å². The van der Waals surface area contributed by atoms with Crippen molar-refractivity contribution in [2.45, 2.75) is 39.0 Å². The third-order valence-corrected chi connectivity index (χ3v) is 2.49. The van der Waals surface area contributed by atoms with Crippen molar-refractivity contribution in [2.75, 3.05) is 19.5 Å². The van der Waals surface area contributed by atoms with Gasteiger partial charge in [-0.2, -0.15) is 9.97 Å². The van der Waals surface area contributed by atoms with Gasteiger partial charge in [-0.1, -0.05) is 32.6 Å². The van der Waals surface area contributed by atoms with Crippen molar-refractivity contribution < 1.29 is 9.47 Å². The Hall–Kier alpha value is -1.52. The van der Waals surface area contributed by atoms with Crippen molar-refractivity contribution in [1.29, 1.82) is 0 Å². The van der Waals surface area contributed by atoms with Crippen LogP contribution >= 0.6 is 0 Å². The van der Waals surface area contributed by atoms with E-state index >= 15 is 0 Å². The van der Waals surface area contributed by atoms with E-state index in [1.807, 2.05) is 0 Å². The van der Waals surface area contributed by atoms with E-state index in [2.05, 4.69) is 16.9 Å². The zero-order chi connectivity index (χ0) is 12.5. The first-order chi connectivity index (χ1) is 8.29. The average molecular weight is 239 g/mol. The van der Waals surface area contributed by atoms with Crippen LogP contribution in [0.2, 0.25) is 0 Å². The fraction of sp³-hybridized carbons (Fsp3) is 0.667. The Morgan fingerprint density at radius 1 is 1.12 bits per heavy atom. The van der Waals surface area contributed by atoms with Crippen molar-refractivity contribution >= 4 is 5.69 Å². The van der Waals surface area contributed by atoms with E-state index < -0.39 is 0 Å². The molecule has 0 aliphatic rings. The summed E-state index contributed by atoms with van der Waals surface area (Å²) in [4.78, 5) is 7.87. The highest BCUT2D eigenvalue weighted by molar-refractivity contribution is 5.55. The summed E-state index contributed by atoms with van der Waals surface area (Å²) in [5.74, 6) is 0.772. The van der Waals surface area contributed by atoms with Crippen LogP contribution in [0.3, 0.4) is 0 Å². The van der Waals surface area contributed by atoms with Gasteiger partial charge in [0.2, 0.25) is 11.8 Å². The molecule has 1 aromatic heterocycles. The zero-order valence-electron chi connectivity index (χ0n) is 10.6. The smallest absolute Gasteiger partial charge is 0.244 e. The molecule has 0 saturated carbocycles. The van der Waals surface area contributed by atoms with Crippen LogP contribution in [0.15, 0.2) is 6.33 Å². The van der Waals surface area contributed by atoms with Gasteiger partial charge >= 0.3 is 0 Å². The van der Waals surface area contributed by atoms with Gasteiger partial charge in [0.15, 0.2) is 5.69 Å². The molecule has 0 unspecified atom stereocenters. The third-order valence-electron chi connectivity index (χ3n) is 2.49. The molecule has 0 spiro atoms. The molecule has 5 nitrogen and oxygen atoms in total. The molecule has 0 aromatic carbocycles. The number of unbranched alkanes of at least 4 members (excludes halogenated alkanes) is 4. The Morgan fingerprint density at radius 2 is 1.82 bits per heavy atom. The summed E-state index contributed by atoms with van der Waals surface area (Å²) >= 11 is 0. The van der Waals surface area contributed by atoms with Gasteiger partial charge in [0.1, 0.15) is 6.33 Å². The number of anilines is 1. The first-order valence-corrected chi connectivity index (χ1v) is 6.06. The van der Waals surface area contributed by atoms with Crippen LogP contribution in [0, 0.1) is 0 Å². The first kappa shape index (κ1) is 13.5. The van der Waals surface area contributed by atoms with Gasteiger partial charge in [0.05, 0.1) is 13.7 Å². The molecular formula is C12H21N3O2. The molecule has 0 amide bonds. The SMILES string of the molecule is CCCCCCCOc1ncnc(OC)c1N. The molecule has 0 aliphatic heterocycles. The van der Waals surface area contributed by atoms with Gasteiger partial charge < -0.3 is 15.2 Å². The van der Waals surface area contributed by atoms with Crippen LogP contribution in [0.25, 0.3) is 0 Å². The fourth-order valence-electron chi connectivity index (χ4n) is 1.52. The molecule has 0 bridgehead atoms. The topological polar surface area (TPSA) is 70.3 Å². The minimum atomic E-state index is 0.362. The number of hydrogen-bond acceptors (Lipinski definition) is 5. The van der Waals surface area contributed by atoms with E-state index in [1.54, 1.807) is 0 Å². The lowest BCUT2D eigenvalue weighted by molar-refractivity contribution is 0.291. The number of ether oxygens (including phenoxy) is 2. The molecule has 96 valence electrons. The summed E-state index contributed by atoms with van der Waals surface area (Å²) in [6.07, 6.45) is 7.37. The number of aromatic nitrogens is 2. The maximum absolute atomic E-state index is 5.78. The molecule has 0 atom stereocenters. The second kappa shape index (κ2) is 7.70. The van der Waals surface area contributed by atoms with Gasteiger partial charge in [-0.05, 0) is 6.42 Å². The van der Waals surface area contributed by atoms with Gasteiger partial charge in [-0.3, -0.25) is 0 Å². The standard InChI is InChI=1S/C12H21N3O2/c1-3-4-5-6-7-8-17-12-10(13)11(16-2)14-9-15-12/h9H,3-8,13H2,1-2H3. The molecule has 0 aliphatic carbocycles. The predicted molar refractivity (Wildman–Crippen MR) is 67.3 cm³/mol. The summed E-state index contributed by atoms with van der Waals surface area (Å²) in [6, 6.07) is 0. The highest BCUT2D eigenvalue weighted by Gasteiger charge is 2.08. The Labute approximate surface area is 102 Å². The lowest BCUT2D eigenvalue weighted by Gasteiger charge is -2.09. The second-order valence-electron chi connectivity index (χ2n) is 3.86. The van der Waals surface area contributed by atoms with E-state index in [0.717, 1.165) is 6.42 Å². The first-order valence-electron chi connectivity index (χ1n) is 6.06. The third kappa shape index (κ3) is 4.46. The minimum absolute atomic E-state index is 0.362. The molecule has 1 rings (SSSR count). The molecule has 2 N–H and O–H groups in total. The largest absolute Gasteiger partial charge is 0.479 e. The summed E-state index contributed by atoms with van der Waals surface area (Å²) < 4.78 is 10.5. The van der Waals surface area contributed by atoms with Crippen LogP contribution in [-0.2, 0) is 0 Å². The second-order valence-corrected chi connectivity index (χ2v) is 3.86. The van der Waals surface area contributed by atoms with E-state index in [4.69, 9.17) is 15.2 Å². The Balaban J connectivity index is 2.31. The van der Waals surface area contributed by atoms with Gasteiger partial charge in [0.25, 0.3) is 0 Å². The van der Waals surface area contributed by atoms with E-state index in [0.29, 0.717) is 24.1 Å². The number of nitrogens with two attached hydrogens (primary N) is 1. The number of rotatable bonds is 8. The number of nitrogens with zero attached hydrogens (tertiary/aromatic N) is 2. The maximum atomic E-state index is 5.78. The number of methoxy groups -OCH3 is 1. The van der Waals surface area contributed by atoms with Crippen molar-refractivity contribution in [1.82, 2.24) is 9.97 Å². The Morgan fingerprint density at radius 3 is 2.53 bits per heavy atom. The molecule has 0 radical (unpaired) electrons. The number of nitrogen functional groups attached to an aromatic ring is 1.